The van der Waals surface area contributed by atoms with Crippen molar-refractivity contribution in [2.75, 3.05) is 23.3 Å². The van der Waals surface area contributed by atoms with E-state index < -0.39 is 70.5 Å². The van der Waals surface area contributed by atoms with Crippen LogP contribution in [0.4, 0.5) is 42.1 Å². The highest BCUT2D eigenvalue weighted by Crippen LogP contribution is 2.37. The maximum Gasteiger partial charge on any atom is 0.393 e. The highest BCUT2D eigenvalue weighted by molar-refractivity contribution is 6.06. The summed E-state index contributed by atoms with van der Waals surface area (Å²) in [6, 6.07) is 4.67. The van der Waals surface area contributed by atoms with Crippen molar-refractivity contribution in [1.29, 1.82) is 0 Å². The summed E-state index contributed by atoms with van der Waals surface area (Å²) in [5.41, 5.74) is 3.14. The van der Waals surface area contributed by atoms with E-state index in [1.807, 2.05) is 0 Å². The van der Waals surface area contributed by atoms with E-state index in [1.54, 1.807) is 0 Å². The third kappa shape index (κ3) is 4.99. The number of nitrogens with one attached hydrogen (secondary N) is 1. The summed E-state index contributed by atoms with van der Waals surface area (Å²) in [6.07, 6.45) is -2.30. The molecular formula is C24H19F7N4O. The fourth-order valence-corrected chi connectivity index (χ4v) is 4.21. The van der Waals surface area contributed by atoms with E-state index in [1.165, 1.54) is 17.2 Å². The fourth-order valence-electron chi connectivity index (χ4n) is 4.21. The van der Waals surface area contributed by atoms with Crippen molar-refractivity contribution in [3.05, 3.63) is 77.6 Å². The predicted molar refractivity (Wildman–Crippen MR) is 118 cm³/mol. The molecule has 3 N–H and O–H groups in total. The van der Waals surface area contributed by atoms with E-state index in [2.05, 4.69) is 10.3 Å². The van der Waals surface area contributed by atoms with Gasteiger partial charge in [0, 0.05) is 25.3 Å². The van der Waals surface area contributed by atoms with Crippen molar-refractivity contribution in [3.63, 3.8) is 0 Å². The third-order valence-electron chi connectivity index (χ3n) is 5.88. The van der Waals surface area contributed by atoms with E-state index in [9.17, 15) is 31.1 Å². The van der Waals surface area contributed by atoms with Crippen LogP contribution in [0.2, 0.25) is 0 Å². The van der Waals surface area contributed by atoms with Gasteiger partial charge in [-0.2, -0.15) is 13.2 Å². The van der Waals surface area contributed by atoms with Crippen LogP contribution in [0, 0.1) is 29.2 Å². The van der Waals surface area contributed by atoms with Crippen LogP contribution in [0.1, 0.15) is 16.8 Å². The highest BCUT2D eigenvalue weighted by Gasteiger charge is 2.44. The Hall–Kier alpha value is -3.67. The van der Waals surface area contributed by atoms with Gasteiger partial charge in [-0.3, -0.25) is 9.78 Å². The van der Waals surface area contributed by atoms with Crippen LogP contribution in [0.3, 0.4) is 0 Å². The average molecular weight is 512 g/mol. The number of halogens is 7. The number of rotatable bonds is 4. The number of carbonyl (C=O) groups excluding carboxylic acids is 1. The van der Waals surface area contributed by atoms with Gasteiger partial charge in [-0.15, -0.1) is 0 Å². The first-order valence-corrected chi connectivity index (χ1v) is 10.7. The largest absolute Gasteiger partial charge is 0.393 e. The Balaban J connectivity index is 1.67. The number of pyridine rings is 1. The molecule has 0 unspecified atom stereocenters. The molecule has 2 atom stereocenters. The van der Waals surface area contributed by atoms with Crippen LogP contribution in [0.5, 0.6) is 0 Å². The summed E-state index contributed by atoms with van der Waals surface area (Å²) in [5, 5.41) is 2.35. The van der Waals surface area contributed by atoms with E-state index in [4.69, 9.17) is 5.73 Å². The van der Waals surface area contributed by atoms with E-state index in [-0.39, 0.29) is 24.3 Å². The maximum atomic E-state index is 15.2. The van der Waals surface area contributed by atoms with E-state index in [0.29, 0.717) is 6.07 Å². The zero-order valence-electron chi connectivity index (χ0n) is 18.4. The zero-order chi connectivity index (χ0) is 26.2. The third-order valence-corrected chi connectivity index (χ3v) is 5.88. The Kier molecular flexibility index (Phi) is 6.90. The molecule has 1 saturated heterocycles. The Labute approximate surface area is 200 Å². The molecule has 190 valence electrons. The van der Waals surface area contributed by atoms with Gasteiger partial charge < -0.3 is 16.0 Å². The van der Waals surface area contributed by atoms with Gasteiger partial charge in [-0.25, -0.2) is 17.6 Å². The number of hydrogen-bond acceptors (Lipinski definition) is 4. The minimum Gasteiger partial charge on any atom is -0.368 e. The van der Waals surface area contributed by atoms with Crippen LogP contribution in [0.15, 0.2) is 48.8 Å². The van der Waals surface area contributed by atoms with Crippen molar-refractivity contribution in [3.8, 4) is 11.1 Å². The van der Waals surface area contributed by atoms with Crippen LogP contribution in [-0.2, 0) is 0 Å². The van der Waals surface area contributed by atoms with Gasteiger partial charge in [0.1, 0.15) is 23.3 Å². The molecule has 0 radical (unpaired) electrons. The maximum absolute atomic E-state index is 15.2. The summed E-state index contributed by atoms with van der Waals surface area (Å²) < 4.78 is 98.1. The lowest BCUT2D eigenvalue weighted by atomic mass is 9.93. The smallest absolute Gasteiger partial charge is 0.368 e. The van der Waals surface area contributed by atoms with E-state index in [0.717, 1.165) is 30.5 Å². The molecule has 3 aromatic rings. The topological polar surface area (TPSA) is 71.2 Å². The van der Waals surface area contributed by atoms with Crippen LogP contribution in [-0.4, -0.2) is 36.2 Å². The molecular weight excluding hydrogens is 493 g/mol. The minimum atomic E-state index is -4.48. The Bertz CT molecular complexity index is 1280. The monoisotopic (exact) mass is 512 g/mol. The highest BCUT2D eigenvalue weighted by atomic mass is 19.4. The molecule has 0 aliphatic carbocycles. The number of anilines is 2. The lowest BCUT2D eigenvalue weighted by Gasteiger charge is -2.39. The molecule has 1 amide bonds. The predicted octanol–water partition coefficient (Wildman–Crippen LogP) is 5.27. The van der Waals surface area contributed by atoms with Crippen LogP contribution in [0.25, 0.3) is 11.1 Å². The van der Waals surface area contributed by atoms with Crippen molar-refractivity contribution >= 4 is 17.3 Å². The van der Waals surface area contributed by atoms with Crippen LogP contribution < -0.4 is 16.0 Å². The molecule has 5 nitrogen and oxygen atoms in total. The van der Waals surface area contributed by atoms with Gasteiger partial charge in [0.25, 0.3) is 5.91 Å². The number of benzene rings is 2. The first kappa shape index (κ1) is 25.4. The molecule has 0 spiro atoms. The van der Waals surface area contributed by atoms with Crippen molar-refractivity contribution in [1.82, 2.24) is 4.98 Å². The summed E-state index contributed by atoms with van der Waals surface area (Å²) in [7, 11) is 0. The van der Waals surface area contributed by atoms with Gasteiger partial charge in [-0.05, 0) is 36.8 Å². The summed E-state index contributed by atoms with van der Waals surface area (Å²) in [5.74, 6) is -8.12. The van der Waals surface area contributed by atoms with Gasteiger partial charge in [-0.1, -0.05) is 6.07 Å². The second kappa shape index (κ2) is 9.76. The number of alkyl halides is 3. The molecule has 1 fully saturated rings. The van der Waals surface area contributed by atoms with Gasteiger partial charge in [0.05, 0.1) is 40.2 Å². The molecule has 2 aromatic carbocycles. The number of hydrogen-bond donors (Lipinski definition) is 2. The molecule has 2 heterocycles. The summed E-state index contributed by atoms with van der Waals surface area (Å²) in [6.45, 7) is -0.368. The molecule has 0 bridgehead atoms. The summed E-state index contributed by atoms with van der Waals surface area (Å²) >= 11 is 0. The quantitative estimate of drug-likeness (QED) is 0.467. The molecule has 1 aromatic heterocycles. The number of aromatic nitrogens is 1. The van der Waals surface area contributed by atoms with Gasteiger partial charge in [0.15, 0.2) is 0 Å². The molecule has 36 heavy (non-hydrogen) atoms. The number of piperidine rings is 1. The van der Waals surface area contributed by atoms with Crippen molar-refractivity contribution < 1.29 is 35.5 Å². The second-order valence-corrected chi connectivity index (χ2v) is 8.37. The SMILES string of the molecule is N[C@H]1C[C@@H](C(F)(F)F)CN(c2ccncc2NC(=O)c2ccc(F)c(-c3c(F)cccc3F)c2F)C1. The number of amides is 1. The zero-order valence-corrected chi connectivity index (χ0v) is 18.4. The van der Waals surface area contributed by atoms with Crippen LogP contribution >= 0.6 is 0 Å². The average Bonchev–Trinajstić information content (AvgIpc) is 2.80. The fraction of sp³-hybridized carbons (Fsp3) is 0.250. The van der Waals surface area contributed by atoms with Gasteiger partial charge in [0.2, 0.25) is 0 Å². The Morgan fingerprint density at radius 1 is 0.972 bits per heavy atom. The van der Waals surface area contributed by atoms with Crippen molar-refractivity contribution in [2.45, 2.75) is 18.6 Å². The Morgan fingerprint density at radius 3 is 2.31 bits per heavy atom. The number of carbonyl (C=O) groups is 1. The lowest BCUT2D eigenvalue weighted by molar-refractivity contribution is -0.177. The summed E-state index contributed by atoms with van der Waals surface area (Å²) in [4.78, 5) is 18.1. The molecule has 0 saturated carbocycles. The normalized spacial score (nSPS) is 18.3. The number of nitrogens with zero attached hydrogens (tertiary/aromatic N) is 2. The Morgan fingerprint density at radius 2 is 1.64 bits per heavy atom. The second-order valence-electron chi connectivity index (χ2n) is 8.37. The first-order chi connectivity index (χ1) is 17.0. The standard InChI is InChI=1S/C24H19F7N4O/c25-15-2-1-3-16(26)20(15)21-17(27)5-4-14(22(21)28)23(36)34-18-9-33-7-6-19(18)35-10-12(24(29,30)31)8-13(32)11-35/h1-7,9,12-13H,8,10-11,32H2,(H,34,36)/t12-,13+/m1/s1. The van der Waals surface area contributed by atoms with Gasteiger partial charge >= 0.3 is 6.18 Å². The molecule has 1 aliphatic rings. The number of nitrogens with two attached hydrogens (primary N) is 1. The molecule has 4 rings (SSSR count). The van der Waals surface area contributed by atoms with E-state index >= 15 is 4.39 Å². The van der Waals surface area contributed by atoms with Crippen molar-refractivity contribution in [2.24, 2.45) is 11.7 Å². The minimum absolute atomic E-state index is 0.0557. The lowest BCUT2D eigenvalue weighted by Crippen LogP contribution is -2.51. The molecule has 1 aliphatic heterocycles. The first-order valence-electron chi connectivity index (χ1n) is 10.7. The molecule has 12 heteroatoms.